The monoisotopic (exact) mass is 700 g/mol. The number of benzene rings is 3. The molecule has 51 heavy (non-hydrogen) atoms. The number of likely N-dealkylation sites (tertiary alicyclic amines) is 1. The van der Waals surface area contributed by atoms with Crippen molar-refractivity contribution in [2.75, 3.05) is 19.6 Å². The molecule has 1 amide bonds. The predicted molar refractivity (Wildman–Crippen MR) is 187 cm³/mol. The number of aliphatic hydroxyl groups is 1. The van der Waals surface area contributed by atoms with E-state index in [1.54, 1.807) is 11.0 Å². The number of nitrogens with zero attached hydrogens (tertiary/aromatic N) is 2. The molecule has 0 radical (unpaired) electrons. The van der Waals surface area contributed by atoms with E-state index in [2.05, 4.69) is 23.6 Å². The molecule has 3 aromatic rings. The van der Waals surface area contributed by atoms with Crippen molar-refractivity contribution in [1.82, 2.24) is 9.80 Å². The SMILES string of the molecule is C=CCN1CC[C@]23c4c5ccc(OC(C)=O)c4OC2C(N(CCCCc2ccccc2)C(=O)/C=C/c2cccc(C(F)(F)F)c2)CC[C@@]3(O)[C@H]1C5. The molecule has 2 heterocycles. The molecule has 1 saturated heterocycles. The number of alkyl halides is 3. The van der Waals surface area contributed by atoms with E-state index in [9.17, 15) is 27.9 Å². The van der Waals surface area contributed by atoms with Gasteiger partial charge in [-0.1, -0.05) is 54.6 Å². The Hall–Kier alpha value is -4.41. The van der Waals surface area contributed by atoms with Gasteiger partial charge in [-0.05, 0) is 92.5 Å². The van der Waals surface area contributed by atoms with Gasteiger partial charge < -0.3 is 19.5 Å². The van der Waals surface area contributed by atoms with Crippen LogP contribution >= 0.6 is 0 Å². The number of rotatable bonds is 11. The highest BCUT2D eigenvalue weighted by Gasteiger charge is 2.73. The summed E-state index contributed by atoms with van der Waals surface area (Å²) in [5, 5.41) is 12.9. The molecular weight excluding hydrogens is 657 g/mol. The second-order valence-electron chi connectivity index (χ2n) is 14.2. The minimum absolute atomic E-state index is 0.204. The quantitative estimate of drug-likeness (QED) is 0.0771. The Morgan fingerprint density at radius 1 is 1.10 bits per heavy atom. The van der Waals surface area contributed by atoms with Crippen LogP contribution in [0.25, 0.3) is 6.08 Å². The van der Waals surface area contributed by atoms with Gasteiger partial charge in [-0.25, -0.2) is 0 Å². The van der Waals surface area contributed by atoms with E-state index in [0.29, 0.717) is 63.2 Å². The van der Waals surface area contributed by atoms with Crippen LogP contribution in [0.15, 0.2) is 85.5 Å². The summed E-state index contributed by atoms with van der Waals surface area (Å²) in [6.07, 6.45) is 3.84. The summed E-state index contributed by atoms with van der Waals surface area (Å²) in [5.41, 5.74) is 0.515. The average Bonchev–Trinajstić information content (AvgIpc) is 3.46. The van der Waals surface area contributed by atoms with E-state index in [1.807, 2.05) is 30.3 Å². The zero-order valence-corrected chi connectivity index (χ0v) is 28.7. The predicted octanol–water partition coefficient (Wildman–Crippen LogP) is 6.90. The number of hydrogen-bond donors (Lipinski definition) is 1. The summed E-state index contributed by atoms with van der Waals surface area (Å²) in [7, 11) is 0. The molecule has 0 aromatic heterocycles. The molecule has 1 saturated carbocycles. The van der Waals surface area contributed by atoms with Gasteiger partial charge in [-0.3, -0.25) is 14.5 Å². The largest absolute Gasteiger partial charge is 0.483 e. The van der Waals surface area contributed by atoms with E-state index in [-0.39, 0.29) is 17.5 Å². The Morgan fingerprint density at radius 2 is 1.90 bits per heavy atom. The molecule has 2 aliphatic carbocycles. The maximum Gasteiger partial charge on any atom is 0.416 e. The molecule has 2 aliphatic heterocycles. The maximum atomic E-state index is 14.3. The smallest absolute Gasteiger partial charge is 0.416 e. The molecule has 3 aromatic carbocycles. The van der Waals surface area contributed by atoms with Gasteiger partial charge in [0.15, 0.2) is 11.5 Å². The minimum Gasteiger partial charge on any atom is -0.483 e. The summed E-state index contributed by atoms with van der Waals surface area (Å²) in [5.74, 6) is -0.0817. The van der Waals surface area contributed by atoms with Gasteiger partial charge in [-0.15, -0.1) is 6.58 Å². The molecule has 5 atom stereocenters. The van der Waals surface area contributed by atoms with Crippen molar-refractivity contribution < 1.29 is 37.3 Å². The third-order valence-electron chi connectivity index (χ3n) is 11.4. The lowest BCUT2D eigenvalue weighted by Gasteiger charge is -2.64. The van der Waals surface area contributed by atoms with Crippen LogP contribution in [0.5, 0.6) is 11.5 Å². The van der Waals surface area contributed by atoms with Gasteiger partial charge in [0.1, 0.15) is 6.10 Å². The molecule has 7 nitrogen and oxygen atoms in total. The van der Waals surface area contributed by atoms with E-state index in [1.165, 1.54) is 36.8 Å². The molecule has 2 fully saturated rings. The fourth-order valence-corrected chi connectivity index (χ4v) is 9.31. The molecule has 1 N–H and O–H groups in total. The normalized spacial score (nSPS) is 26.3. The highest BCUT2D eigenvalue weighted by Crippen LogP contribution is 2.66. The lowest BCUT2D eigenvalue weighted by atomic mass is 9.48. The van der Waals surface area contributed by atoms with Crippen LogP contribution < -0.4 is 9.47 Å². The molecule has 2 bridgehead atoms. The van der Waals surface area contributed by atoms with Crippen LogP contribution in [0.3, 0.4) is 0 Å². The van der Waals surface area contributed by atoms with Crippen molar-refractivity contribution in [1.29, 1.82) is 0 Å². The van der Waals surface area contributed by atoms with Crippen molar-refractivity contribution in [3.8, 4) is 11.5 Å². The first kappa shape index (κ1) is 35.0. The maximum absolute atomic E-state index is 14.3. The molecule has 1 spiro atoms. The van der Waals surface area contributed by atoms with Crippen molar-refractivity contribution in [3.63, 3.8) is 0 Å². The Labute approximate surface area is 296 Å². The van der Waals surface area contributed by atoms with Gasteiger partial charge in [0.05, 0.1) is 22.6 Å². The number of unbranched alkanes of at least 4 members (excludes halogenated alkanes) is 1. The van der Waals surface area contributed by atoms with E-state index in [0.717, 1.165) is 36.1 Å². The minimum atomic E-state index is -4.51. The summed E-state index contributed by atoms with van der Waals surface area (Å²) < 4.78 is 52.9. The average molecular weight is 701 g/mol. The Morgan fingerprint density at radius 3 is 2.65 bits per heavy atom. The van der Waals surface area contributed by atoms with Crippen LogP contribution in [0.1, 0.15) is 66.8 Å². The first-order chi connectivity index (χ1) is 24.5. The second-order valence-corrected chi connectivity index (χ2v) is 14.2. The van der Waals surface area contributed by atoms with Gasteiger partial charge in [0, 0.05) is 37.7 Å². The number of aryl methyl sites for hydroxylation is 1. The number of hydrogen-bond acceptors (Lipinski definition) is 6. The summed E-state index contributed by atoms with van der Waals surface area (Å²) in [6, 6.07) is 18.1. The van der Waals surface area contributed by atoms with Crippen molar-refractivity contribution in [2.24, 2.45) is 0 Å². The molecule has 268 valence electrons. The van der Waals surface area contributed by atoms with Crippen LogP contribution in [0, 0.1) is 0 Å². The second kappa shape index (κ2) is 13.6. The zero-order chi connectivity index (χ0) is 36.0. The number of esters is 1. The van der Waals surface area contributed by atoms with E-state index >= 15 is 0 Å². The fourth-order valence-electron chi connectivity index (χ4n) is 9.31. The summed E-state index contributed by atoms with van der Waals surface area (Å²) >= 11 is 0. The highest BCUT2D eigenvalue weighted by atomic mass is 19.4. The van der Waals surface area contributed by atoms with Crippen molar-refractivity contribution in [2.45, 2.75) is 87.2 Å². The Balaban J connectivity index is 1.26. The Kier molecular flexibility index (Phi) is 9.35. The summed E-state index contributed by atoms with van der Waals surface area (Å²) in [4.78, 5) is 30.6. The molecule has 7 rings (SSSR count). The highest BCUT2D eigenvalue weighted by molar-refractivity contribution is 5.92. The number of ether oxygens (including phenoxy) is 2. The van der Waals surface area contributed by atoms with Crippen LogP contribution in [-0.2, 0) is 34.0 Å². The number of piperidine rings is 1. The lowest BCUT2D eigenvalue weighted by Crippen LogP contribution is -2.78. The van der Waals surface area contributed by atoms with Crippen molar-refractivity contribution >= 4 is 18.0 Å². The van der Waals surface area contributed by atoms with Gasteiger partial charge >= 0.3 is 12.1 Å². The van der Waals surface area contributed by atoms with Crippen LogP contribution in [0.4, 0.5) is 13.2 Å². The molecule has 2 unspecified atom stereocenters. The number of carbonyl (C=O) groups is 2. The lowest BCUT2D eigenvalue weighted by molar-refractivity contribution is -0.199. The third-order valence-corrected chi connectivity index (χ3v) is 11.4. The van der Waals surface area contributed by atoms with Crippen molar-refractivity contribution in [3.05, 3.63) is 113 Å². The fraction of sp³-hybridized carbons (Fsp3) is 0.415. The van der Waals surface area contributed by atoms with Gasteiger partial charge in [-0.2, -0.15) is 13.2 Å². The standard InChI is InChI=1S/C41H43F3N2O5/c1-3-22-45-24-21-39-36-30-16-17-33(50-27(2)47)37(36)51-38(39)32(19-20-40(39,49)34(45)26-30)46(23-8-7-12-28-10-5-4-6-11-28)35(48)18-15-29-13-9-14-31(25-29)41(42,43)44/h3-6,9-11,13-18,25,32,34,38,49H,1,7-8,12,19-24,26H2,2H3/b18-15+/t32?,34-,38?,39+,40-/m1/s1. The van der Waals surface area contributed by atoms with Gasteiger partial charge in [0.2, 0.25) is 5.91 Å². The molecular formula is C41H43F3N2O5. The zero-order valence-electron chi connectivity index (χ0n) is 28.7. The van der Waals surface area contributed by atoms with Crippen LogP contribution in [0.2, 0.25) is 0 Å². The van der Waals surface area contributed by atoms with E-state index in [4.69, 9.17) is 9.47 Å². The third kappa shape index (κ3) is 6.16. The molecule has 10 heteroatoms. The number of halogens is 3. The van der Waals surface area contributed by atoms with Gasteiger partial charge in [0.25, 0.3) is 0 Å². The molecule has 4 aliphatic rings. The Bertz CT molecular complexity index is 1840. The van der Waals surface area contributed by atoms with Crippen LogP contribution in [-0.4, -0.2) is 70.2 Å². The summed E-state index contributed by atoms with van der Waals surface area (Å²) in [6.45, 7) is 6.99. The number of amides is 1. The topological polar surface area (TPSA) is 79.3 Å². The van der Waals surface area contributed by atoms with E-state index < -0.39 is 40.9 Å². The number of carbonyl (C=O) groups excluding carboxylic acids is 2. The first-order valence-electron chi connectivity index (χ1n) is 17.7. The first-order valence-corrected chi connectivity index (χ1v) is 17.7.